The molecule has 0 bridgehead atoms. The minimum Gasteiger partial charge on any atom is -0.344 e. The first-order valence-electron chi connectivity index (χ1n) is 4.65. The average molecular weight is 251 g/mol. The fourth-order valence-corrected chi connectivity index (χ4v) is 2.62. The van der Waals surface area contributed by atoms with Crippen molar-refractivity contribution in [2.45, 2.75) is 4.90 Å². The Hall–Kier alpha value is -1.69. The van der Waals surface area contributed by atoms with Crippen LogP contribution in [0.15, 0.2) is 47.9 Å². The highest BCUT2D eigenvalue weighted by Gasteiger charge is 2.17. The summed E-state index contributed by atoms with van der Waals surface area (Å²) in [6, 6.07) is 10.4. The Morgan fingerprint density at radius 1 is 1.12 bits per heavy atom. The Balaban J connectivity index is 0.00000144. The Morgan fingerprint density at radius 3 is 2.35 bits per heavy atom. The van der Waals surface area contributed by atoms with Crippen molar-refractivity contribution in [3.63, 3.8) is 0 Å². The monoisotopic (exact) mass is 251 g/mol. The lowest BCUT2D eigenvalue weighted by atomic mass is 10.1. The number of hydrogen-bond donors (Lipinski definition) is 2. The van der Waals surface area contributed by atoms with Gasteiger partial charge in [-0.3, -0.25) is 4.55 Å². The highest BCUT2D eigenvalue weighted by molar-refractivity contribution is 7.86. The molecule has 0 aromatic heterocycles. The van der Waals surface area contributed by atoms with Crippen molar-refractivity contribution in [3.05, 3.63) is 48.5 Å². The van der Waals surface area contributed by atoms with Gasteiger partial charge in [-0.1, -0.05) is 49.1 Å². The van der Waals surface area contributed by atoms with Crippen LogP contribution >= 0.6 is 0 Å². The van der Waals surface area contributed by atoms with Crippen molar-refractivity contribution in [2.24, 2.45) is 0 Å². The van der Waals surface area contributed by atoms with Gasteiger partial charge in [-0.25, -0.2) is 0 Å². The second kappa shape index (κ2) is 4.67. The summed E-state index contributed by atoms with van der Waals surface area (Å²) in [4.78, 5) is -0.0828. The molecule has 4 N–H and O–H groups in total. The van der Waals surface area contributed by atoms with E-state index in [-0.39, 0.29) is 11.0 Å². The smallest absolute Gasteiger partial charge is 0.295 e. The third-order valence-corrected chi connectivity index (χ3v) is 3.36. The molecule has 4 nitrogen and oxygen atoms in total. The van der Waals surface area contributed by atoms with Gasteiger partial charge < -0.3 is 6.15 Å². The lowest BCUT2D eigenvalue weighted by molar-refractivity contribution is 0.484. The van der Waals surface area contributed by atoms with Gasteiger partial charge >= 0.3 is 0 Å². The van der Waals surface area contributed by atoms with Crippen LogP contribution in [0.1, 0.15) is 5.56 Å². The van der Waals surface area contributed by atoms with E-state index in [1.807, 2.05) is 6.07 Å². The number of fused-ring (bicyclic) bond motifs is 1. The molecule has 0 saturated heterocycles. The van der Waals surface area contributed by atoms with E-state index in [0.29, 0.717) is 10.9 Å². The highest BCUT2D eigenvalue weighted by atomic mass is 32.2. The largest absolute Gasteiger partial charge is 0.344 e. The van der Waals surface area contributed by atoms with Crippen LogP contribution < -0.4 is 6.15 Å². The predicted octanol–water partition coefficient (Wildman–Crippen LogP) is 2.89. The summed E-state index contributed by atoms with van der Waals surface area (Å²) in [5.74, 6) is 0. The van der Waals surface area contributed by atoms with Crippen LogP contribution in [0.3, 0.4) is 0 Å². The van der Waals surface area contributed by atoms with Crippen LogP contribution in [0.5, 0.6) is 0 Å². The van der Waals surface area contributed by atoms with E-state index in [1.54, 1.807) is 30.3 Å². The van der Waals surface area contributed by atoms with E-state index in [2.05, 4.69) is 6.58 Å². The first-order chi connectivity index (χ1) is 7.54. The van der Waals surface area contributed by atoms with Crippen molar-refractivity contribution in [3.8, 4) is 0 Å². The minimum atomic E-state index is -4.24. The van der Waals surface area contributed by atoms with E-state index in [9.17, 15) is 13.0 Å². The summed E-state index contributed by atoms with van der Waals surface area (Å²) >= 11 is 0. The van der Waals surface area contributed by atoms with Gasteiger partial charge in [0.25, 0.3) is 10.1 Å². The first kappa shape index (κ1) is 13.4. The molecule has 0 aliphatic rings. The summed E-state index contributed by atoms with van der Waals surface area (Å²) in [6.45, 7) is 3.54. The summed E-state index contributed by atoms with van der Waals surface area (Å²) < 4.78 is 31.9. The SMILES string of the molecule is C=Cc1ccc2ccccc2c1S(=O)(=O)O.N. The van der Waals surface area contributed by atoms with E-state index in [1.165, 1.54) is 6.08 Å². The second-order valence-electron chi connectivity index (χ2n) is 3.38. The fraction of sp³-hybridized carbons (Fsp3) is 0. The first-order valence-corrected chi connectivity index (χ1v) is 6.10. The molecular formula is C12H13NO3S. The van der Waals surface area contributed by atoms with Gasteiger partial charge in [0.15, 0.2) is 0 Å². The van der Waals surface area contributed by atoms with E-state index in [0.717, 1.165) is 5.39 Å². The van der Waals surface area contributed by atoms with Crippen molar-refractivity contribution < 1.29 is 13.0 Å². The summed E-state index contributed by atoms with van der Waals surface area (Å²) in [7, 11) is -4.24. The zero-order valence-corrected chi connectivity index (χ0v) is 9.94. The highest BCUT2D eigenvalue weighted by Crippen LogP contribution is 2.27. The van der Waals surface area contributed by atoms with Gasteiger partial charge in [0.1, 0.15) is 4.90 Å². The molecule has 90 valence electrons. The molecule has 0 aliphatic heterocycles. The quantitative estimate of drug-likeness (QED) is 0.803. The molecule has 0 unspecified atom stereocenters. The molecule has 2 aromatic rings. The van der Waals surface area contributed by atoms with Crippen LogP contribution in [-0.4, -0.2) is 13.0 Å². The molecule has 0 atom stereocenters. The Morgan fingerprint density at radius 2 is 1.76 bits per heavy atom. The zero-order chi connectivity index (χ0) is 11.8. The Bertz CT molecular complexity index is 663. The van der Waals surface area contributed by atoms with Gasteiger partial charge in [-0.05, 0) is 10.9 Å². The molecule has 0 aliphatic carbocycles. The molecule has 0 amide bonds. The van der Waals surface area contributed by atoms with Gasteiger partial charge in [-0.2, -0.15) is 8.42 Å². The zero-order valence-electron chi connectivity index (χ0n) is 9.13. The van der Waals surface area contributed by atoms with Crippen molar-refractivity contribution in [1.82, 2.24) is 6.15 Å². The maximum absolute atomic E-state index is 11.3. The fourth-order valence-electron chi connectivity index (χ4n) is 1.71. The van der Waals surface area contributed by atoms with Crippen molar-refractivity contribution in [1.29, 1.82) is 0 Å². The number of hydrogen-bond acceptors (Lipinski definition) is 3. The van der Waals surface area contributed by atoms with E-state index in [4.69, 9.17) is 0 Å². The molecule has 2 aromatic carbocycles. The van der Waals surface area contributed by atoms with Crippen LogP contribution in [0.25, 0.3) is 16.8 Å². The normalized spacial score (nSPS) is 10.9. The van der Waals surface area contributed by atoms with Crippen molar-refractivity contribution in [2.75, 3.05) is 0 Å². The van der Waals surface area contributed by atoms with Crippen LogP contribution in [0, 0.1) is 0 Å². The van der Waals surface area contributed by atoms with Gasteiger partial charge in [0.05, 0.1) is 0 Å². The van der Waals surface area contributed by atoms with Gasteiger partial charge in [-0.15, -0.1) is 0 Å². The number of benzene rings is 2. The predicted molar refractivity (Wildman–Crippen MR) is 68.9 cm³/mol. The maximum Gasteiger partial charge on any atom is 0.295 e. The lowest BCUT2D eigenvalue weighted by Crippen LogP contribution is -2.01. The third kappa shape index (κ3) is 2.36. The van der Waals surface area contributed by atoms with E-state index < -0.39 is 10.1 Å². The van der Waals surface area contributed by atoms with Gasteiger partial charge in [0.2, 0.25) is 0 Å². The topological polar surface area (TPSA) is 89.4 Å². The third-order valence-electron chi connectivity index (χ3n) is 2.39. The van der Waals surface area contributed by atoms with Gasteiger partial charge in [0, 0.05) is 5.39 Å². The average Bonchev–Trinajstić information content (AvgIpc) is 2.26. The van der Waals surface area contributed by atoms with Crippen LogP contribution in [-0.2, 0) is 10.1 Å². The summed E-state index contributed by atoms with van der Waals surface area (Å²) in [5, 5.41) is 1.27. The lowest BCUT2D eigenvalue weighted by Gasteiger charge is -2.07. The molecule has 0 saturated carbocycles. The Kier molecular flexibility index (Phi) is 3.67. The van der Waals surface area contributed by atoms with Crippen molar-refractivity contribution >= 4 is 27.0 Å². The standard InChI is InChI=1S/C12H10O3S.H3N/c1-2-9-7-8-10-5-3-4-6-11(10)12(9)16(13,14)15;/h2-8H,1H2,(H,13,14,15);1H3. The molecular weight excluding hydrogens is 238 g/mol. The molecule has 5 heteroatoms. The molecule has 0 fully saturated rings. The van der Waals surface area contributed by atoms with Crippen LogP contribution in [0.4, 0.5) is 0 Å². The molecule has 2 rings (SSSR count). The molecule has 0 spiro atoms. The number of rotatable bonds is 2. The molecule has 0 radical (unpaired) electrons. The summed E-state index contributed by atoms with van der Waals surface area (Å²) in [6.07, 6.45) is 1.41. The second-order valence-corrected chi connectivity index (χ2v) is 4.74. The molecule has 17 heavy (non-hydrogen) atoms. The van der Waals surface area contributed by atoms with E-state index >= 15 is 0 Å². The van der Waals surface area contributed by atoms with Crippen LogP contribution in [0.2, 0.25) is 0 Å². The minimum absolute atomic E-state index is 0. The summed E-state index contributed by atoms with van der Waals surface area (Å²) in [5.41, 5.74) is 0.404. The molecule has 0 heterocycles. The maximum atomic E-state index is 11.3. The Labute approximate surface area is 99.9 Å².